The van der Waals surface area contributed by atoms with Crippen LogP contribution in [-0.4, -0.2) is 22.9 Å². The number of hydrogen-bond donors (Lipinski definition) is 1. The molecule has 0 saturated heterocycles. The summed E-state index contributed by atoms with van der Waals surface area (Å²) in [5.41, 5.74) is 6.58. The van der Waals surface area contributed by atoms with Gasteiger partial charge in [-0.3, -0.25) is 4.68 Å². The Morgan fingerprint density at radius 2 is 2.30 bits per heavy atom. The van der Waals surface area contributed by atoms with Crippen LogP contribution in [0.4, 0.5) is 10.1 Å². The first kappa shape index (κ1) is 13.5. The van der Waals surface area contributed by atoms with E-state index in [1.165, 1.54) is 24.1 Å². The lowest BCUT2D eigenvalue weighted by atomic mass is 10.1. The molecule has 1 aromatic heterocycles. The summed E-state index contributed by atoms with van der Waals surface area (Å²) in [6.07, 6.45) is 1.45. The molecule has 0 saturated carbocycles. The number of rotatable bonds is 3. The highest BCUT2D eigenvalue weighted by Crippen LogP contribution is 2.14. The van der Waals surface area contributed by atoms with Crippen LogP contribution in [0.25, 0.3) is 0 Å². The van der Waals surface area contributed by atoms with Gasteiger partial charge >= 0.3 is 5.97 Å². The Bertz CT molecular complexity index is 703. The zero-order valence-electron chi connectivity index (χ0n) is 10.6. The molecular weight excluding hydrogens is 263 g/mol. The number of nitrogens with zero attached hydrogens (tertiary/aromatic N) is 3. The number of nitriles is 1. The van der Waals surface area contributed by atoms with Crippen LogP contribution in [-0.2, 0) is 11.3 Å². The summed E-state index contributed by atoms with van der Waals surface area (Å²) < 4.78 is 19.2. The number of benzene rings is 1. The van der Waals surface area contributed by atoms with Gasteiger partial charge in [-0.15, -0.1) is 0 Å². The number of methoxy groups -OCH3 is 1. The van der Waals surface area contributed by atoms with Gasteiger partial charge in [-0.25, -0.2) is 9.18 Å². The SMILES string of the molecule is COC(=O)c1nn(Cc2cc(F)cc(C#N)c2)cc1N. The largest absolute Gasteiger partial charge is 0.464 e. The van der Waals surface area contributed by atoms with E-state index in [1.807, 2.05) is 6.07 Å². The standard InChI is InChI=1S/C13H11FN4O2/c1-20-13(19)12-11(16)7-18(17-12)6-9-2-8(5-15)3-10(14)4-9/h2-4,7H,6,16H2,1H3. The first-order chi connectivity index (χ1) is 9.53. The molecule has 0 radical (unpaired) electrons. The number of anilines is 1. The fourth-order valence-electron chi connectivity index (χ4n) is 1.77. The molecule has 0 aliphatic carbocycles. The molecule has 7 heteroatoms. The fraction of sp³-hybridized carbons (Fsp3) is 0.154. The monoisotopic (exact) mass is 274 g/mol. The lowest BCUT2D eigenvalue weighted by Gasteiger charge is -2.03. The van der Waals surface area contributed by atoms with Crippen LogP contribution in [0.3, 0.4) is 0 Å². The number of nitrogens with two attached hydrogens (primary N) is 1. The van der Waals surface area contributed by atoms with Gasteiger partial charge in [0.2, 0.25) is 0 Å². The van der Waals surface area contributed by atoms with Gasteiger partial charge in [-0.1, -0.05) is 0 Å². The number of nitrogen functional groups attached to an aromatic ring is 1. The van der Waals surface area contributed by atoms with E-state index >= 15 is 0 Å². The van der Waals surface area contributed by atoms with Crippen molar-refractivity contribution in [2.45, 2.75) is 6.54 Å². The summed E-state index contributed by atoms with van der Waals surface area (Å²) in [4.78, 5) is 11.4. The summed E-state index contributed by atoms with van der Waals surface area (Å²) in [6.45, 7) is 0.188. The molecule has 0 bridgehead atoms. The normalized spacial score (nSPS) is 10.1. The zero-order valence-corrected chi connectivity index (χ0v) is 10.6. The van der Waals surface area contributed by atoms with Gasteiger partial charge in [-0.05, 0) is 23.8 Å². The second kappa shape index (κ2) is 5.40. The highest BCUT2D eigenvalue weighted by atomic mass is 19.1. The van der Waals surface area contributed by atoms with Crippen molar-refractivity contribution in [3.63, 3.8) is 0 Å². The third kappa shape index (κ3) is 2.75. The highest BCUT2D eigenvalue weighted by Gasteiger charge is 2.15. The maximum atomic E-state index is 13.3. The molecule has 0 amide bonds. The van der Waals surface area contributed by atoms with Crippen LogP contribution < -0.4 is 5.73 Å². The van der Waals surface area contributed by atoms with Gasteiger partial charge in [0.05, 0.1) is 31.0 Å². The lowest BCUT2D eigenvalue weighted by Crippen LogP contribution is -2.07. The van der Waals surface area contributed by atoms with E-state index in [2.05, 4.69) is 9.84 Å². The topological polar surface area (TPSA) is 93.9 Å². The molecule has 0 fully saturated rings. The smallest absolute Gasteiger partial charge is 0.360 e. The molecule has 1 heterocycles. The first-order valence-corrected chi connectivity index (χ1v) is 5.64. The van der Waals surface area contributed by atoms with Crippen molar-refractivity contribution in [3.05, 3.63) is 47.0 Å². The van der Waals surface area contributed by atoms with Crippen molar-refractivity contribution in [2.24, 2.45) is 0 Å². The molecule has 0 unspecified atom stereocenters. The van der Waals surface area contributed by atoms with Crippen LogP contribution in [0.2, 0.25) is 0 Å². The lowest BCUT2D eigenvalue weighted by molar-refractivity contribution is 0.0594. The molecule has 0 aliphatic heterocycles. The molecule has 6 nitrogen and oxygen atoms in total. The fourth-order valence-corrected chi connectivity index (χ4v) is 1.77. The zero-order chi connectivity index (χ0) is 14.7. The second-order valence-electron chi connectivity index (χ2n) is 4.08. The molecular formula is C13H11FN4O2. The quantitative estimate of drug-likeness (QED) is 0.851. The number of aromatic nitrogens is 2. The van der Waals surface area contributed by atoms with Gasteiger partial charge < -0.3 is 10.5 Å². The van der Waals surface area contributed by atoms with E-state index in [0.717, 1.165) is 6.07 Å². The molecule has 102 valence electrons. The molecule has 2 rings (SSSR count). The van der Waals surface area contributed by atoms with Crippen LogP contribution in [0.15, 0.2) is 24.4 Å². The average Bonchev–Trinajstić information content (AvgIpc) is 2.77. The van der Waals surface area contributed by atoms with Gasteiger partial charge in [0.25, 0.3) is 0 Å². The van der Waals surface area contributed by atoms with Gasteiger partial charge in [0, 0.05) is 6.20 Å². The predicted molar refractivity (Wildman–Crippen MR) is 68.2 cm³/mol. The Hall–Kier alpha value is -2.88. The van der Waals surface area contributed by atoms with Gasteiger partial charge in [0.1, 0.15) is 5.82 Å². The van der Waals surface area contributed by atoms with E-state index in [0.29, 0.717) is 5.56 Å². The van der Waals surface area contributed by atoms with Crippen molar-refractivity contribution in [1.82, 2.24) is 9.78 Å². The average molecular weight is 274 g/mol. The molecule has 1 aromatic carbocycles. The molecule has 0 spiro atoms. The number of carbonyl (C=O) groups is 1. The summed E-state index contributed by atoms with van der Waals surface area (Å²) in [6, 6.07) is 5.84. The van der Waals surface area contributed by atoms with Crippen molar-refractivity contribution >= 4 is 11.7 Å². The van der Waals surface area contributed by atoms with Gasteiger partial charge in [0.15, 0.2) is 5.69 Å². The minimum absolute atomic E-state index is 0.00408. The maximum Gasteiger partial charge on any atom is 0.360 e. The minimum Gasteiger partial charge on any atom is -0.464 e. The molecule has 20 heavy (non-hydrogen) atoms. The summed E-state index contributed by atoms with van der Waals surface area (Å²) >= 11 is 0. The molecule has 0 aliphatic rings. The van der Waals surface area contributed by atoms with E-state index in [-0.39, 0.29) is 23.5 Å². The van der Waals surface area contributed by atoms with Crippen LogP contribution in [0, 0.1) is 17.1 Å². The number of esters is 1. The summed E-state index contributed by atoms with van der Waals surface area (Å²) in [5.74, 6) is -1.15. The third-order valence-electron chi connectivity index (χ3n) is 2.60. The highest BCUT2D eigenvalue weighted by molar-refractivity contribution is 5.92. The Morgan fingerprint density at radius 1 is 1.55 bits per heavy atom. The van der Waals surface area contributed by atoms with Crippen molar-refractivity contribution in [1.29, 1.82) is 5.26 Å². The van der Waals surface area contributed by atoms with Crippen molar-refractivity contribution in [3.8, 4) is 6.07 Å². The Balaban J connectivity index is 2.29. The summed E-state index contributed by atoms with van der Waals surface area (Å²) in [5, 5.41) is 12.8. The Kier molecular flexibility index (Phi) is 3.66. The van der Waals surface area contributed by atoms with Crippen LogP contribution in [0.5, 0.6) is 0 Å². The molecule has 2 aromatic rings. The Morgan fingerprint density at radius 3 is 2.95 bits per heavy atom. The number of ether oxygens (including phenoxy) is 1. The van der Waals surface area contributed by atoms with E-state index in [4.69, 9.17) is 11.0 Å². The maximum absolute atomic E-state index is 13.3. The Labute approximate surface area is 114 Å². The third-order valence-corrected chi connectivity index (χ3v) is 2.60. The van der Waals surface area contributed by atoms with Crippen LogP contribution in [0.1, 0.15) is 21.6 Å². The summed E-state index contributed by atoms with van der Waals surface area (Å²) in [7, 11) is 1.23. The minimum atomic E-state index is -0.641. The van der Waals surface area contributed by atoms with Crippen molar-refractivity contribution in [2.75, 3.05) is 12.8 Å². The number of halogens is 1. The molecule has 2 N–H and O–H groups in total. The van der Waals surface area contributed by atoms with E-state index in [9.17, 15) is 9.18 Å². The van der Waals surface area contributed by atoms with Crippen LogP contribution >= 0.6 is 0 Å². The number of hydrogen-bond acceptors (Lipinski definition) is 5. The van der Waals surface area contributed by atoms with Gasteiger partial charge in [-0.2, -0.15) is 10.4 Å². The molecule has 0 atom stereocenters. The number of carbonyl (C=O) groups excluding carboxylic acids is 1. The predicted octanol–water partition coefficient (Wildman–Crippen LogP) is 1.31. The van der Waals surface area contributed by atoms with E-state index in [1.54, 1.807) is 6.07 Å². The van der Waals surface area contributed by atoms with Crippen molar-refractivity contribution < 1.29 is 13.9 Å². The second-order valence-corrected chi connectivity index (χ2v) is 4.08. The van der Waals surface area contributed by atoms with E-state index < -0.39 is 11.8 Å². The first-order valence-electron chi connectivity index (χ1n) is 5.64.